The van der Waals surface area contributed by atoms with Crippen LogP contribution in [0.25, 0.3) is 0 Å². The molecule has 2 amide bonds. The lowest BCUT2D eigenvalue weighted by Crippen LogP contribution is -2.46. The summed E-state index contributed by atoms with van der Waals surface area (Å²) in [4.78, 5) is 30.2. The Kier molecular flexibility index (Phi) is 3.46. The van der Waals surface area contributed by atoms with Gasteiger partial charge < -0.3 is 14.8 Å². The lowest BCUT2D eigenvalue weighted by atomic mass is 10.1. The van der Waals surface area contributed by atoms with Crippen LogP contribution in [-0.4, -0.2) is 45.4 Å². The zero-order valence-corrected chi connectivity index (χ0v) is 11.7. The third kappa shape index (κ3) is 2.69. The summed E-state index contributed by atoms with van der Waals surface area (Å²) in [6.07, 6.45) is 6.17. The van der Waals surface area contributed by atoms with E-state index in [1.807, 2.05) is 22.6 Å². The minimum Gasteiger partial charge on any atom is -0.344 e. The number of hydrogen-bond donors (Lipinski definition) is 1. The van der Waals surface area contributed by atoms with Gasteiger partial charge in [-0.2, -0.15) is 0 Å². The first-order valence-electron chi connectivity index (χ1n) is 7.21. The van der Waals surface area contributed by atoms with Gasteiger partial charge in [0.15, 0.2) is 0 Å². The highest BCUT2D eigenvalue weighted by atomic mass is 16.2. The van der Waals surface area contributed by atoms with Gasteiger partial charge in [-0.15, -0.1) is 0 Å². The van der Waals surface area contributed by atoms with Crippen LogP contribution in [0.15, 0.2) is 12.4 Å². The summed E-state index contributed by atoms with van der Waals surface area (Å²) < 4.78 is 2.03. The van der Waals surface area contributed by atoms with Crippen molar-refractivity contribution in [2.45, 2.75) is 38.8 Å². The number of carbonyl (C=O) groups excluding carboxylic acids is 2. The summed E-state index contributed by atoms with van der Waals surface area (Å²) in [5.74, 6) is 1.37. The Morgan fingerprint density at radius 3 is 2.80 bits per heavy atom. The Hall–Kier alpha value is -1.85. The molecule has 1 unspecified atom stereocenters. The second-order valence-corrected chi connectivity index (χ2v) is 5.63. The van der Waals surface area contributed by atoms with Crippen LogP contribution in [0.4, 0.5) is 0 Å². The molecule has 1 aromatic heterocycles. The van der Waals surface area contributed by atoms with Gasteiger partial charge in [-0.3, -0.25) is 9.59 Å². The van der Waals surface area contributed by atoms with Crippen LogP contribution in [0.5, 0.6) is 0 Å². The normalized spacial score (nSPS) is 23.6. The summed E-state index contributed by atoms with van der Waals surface area (Å²) in [6, 6.07) is -0.297. The zero-order chi connectivity index (χ0) is 14.1. The van der Waals surface area contributed by atoms with Gasteiger partial charge in [0.25, 0.3) is 0 Å². The maximum absolute atomic E-state index is 12.5. The van der Waals surface area contributed by atoms with Crippen molar-refractivity contribution in [3.8, 4) is 0 Å². The van der Waals surface area contributed by atoms with E-state index in [4.69, 9.17) is 0 Å². The van der Waals surface area contributed by atoms with Crippen molar-refractivity contribution in [3.63, 3.8) is 0 Å². The molecule has 1 N–H and O–H groups in total. The second kappa shape index (κ2) is 5.26. The van der Waals surface area contributed by atoms with Crippen LogP contribution in [0.3, 0.4) is 0 Å². The topological polar surface area (TPSA) is 67.2 Å². The van der Waals surface area contributed by atoms with E-state index in [0.29, 0.717) is 25.4 Å². The summed E-state index contributed by atoms with van der Waals surface area (Å²) in [5.41, 5.74) is 0. The molecule has 2 heterocycles. The summed E-state index contributed by atoms with van der Waals surface area (Å²) >= 11 is 0. The molecule has 2 fully saturated rings. The molecule has 1 saturated carbocycles. The summed E-state index contributed by atoms with van der Waals surface area (Å²) in [5, 5.41) is 2.88. The van der Waals surface area contributed by atoms with Crippen LogP contribution in [0, 0.1) is 12.8 Å². The number of hydrogen-bond acceptors (Lipinski definition) is 3. The van der Waals surface area contributed by atoms with Crippen molar-refractivity contribution < 1.29 is 9.59 Å². The minimum atomic E-state index is -0.297. The van der Waals surface area contributed by atoms with Gasteiger partial charge in [-0.05, 0) is 25.7 Å². The van der Waals surface area contributed by atoms with Crippen molar-refractivity contribution in [1.82, 2.24) is 19.8 Å². The van der Waals surface area contributed by atoms with Crippen LogP contribution in [0.2, 0.25) is 0 Å². The van der Waals surface area contributed by atoms with Crippen molar-refractivity contribution in [2.75, 3.05) is 13.1 Å². The van der Waals surface area contributed by atoms with E-state index in [0.717, 1.165) is 25.2 Å². The molecule has 6 nitrogen and oxygen atoms in total. The number of nitrogens with one attached hydrogen (secondary N) is 1. The largest absolute Gasteiger partial charge is 0.344 e. The Bertz CT molecular complexity index is 521. The first-order valence-corrected chi connectivity index (χ1v) is 7.21. The molecular weight excluding hydrogens is 256 g/mol. The van der Waals surface area contributed by atoms with Crippen LogP contribution >= 0.6 is 0 Å². The van der Waals surface area contributed by atoms with Gasteiger partial charge in [0.1, 0.15) is 11.9 Å². The lowest BCUT2D eigenvalue weighted by molar-refractivity contribution is -0.134. The highest BCUT2D eigenvalue weighted by molar-refractivity contribution is 5.90. The van der Waals surface area contributed by atoms with E-state index in [9.17, 15) is 9.59 Å². The molecule has 3 rings (SSSR count). The van der Waals surface area contributed by atoms with E-state index in [2.05, 4.69) is 10.3 Å². The van der Waals surface area contributed by atoms with Gasteiger partial charge in [0, 0.05) is 38.4 Å². The number of aromatic nitrogens is 2. The molecular formula is C14H20N4O2. The van der Waals surface area contributed by atoms with Gasteiger partial charge in [-0.1, -0.05) is 0 Å². The van der Waals surface area contributed by atoms with Crippen LogP contribution in [-0.2, 0) is 16.1 Å². The first kappa shape index (κ1) is 13.1. The molecule has 20 heavy (non-hydrogen) atoms. The Morgan fingerprint density at radius 2 is 2.15 bits per heavy atom. The van der Waals surface area contributed by atoms with E-state index in [1.165, 1.54) is 0 Å². The SMILES string of the molecule is Cc1nccn1CCN1CCC(=O)NC(C2CC2)C1=O. The van der Waals surface area contributed by atoms with Crippen molar-refractivity contribution in [1.29, 1.82) is 0 Å². The molecule has 1 saturated heterocycles. The van der Waals surface area contributed by atoms with Gasteiger partial charge in [0.2, 0.25) is 11.8 Å². The molecule has 1 aliphatic carbocycles. The molecule has 1 atom stereocenters. The second-order valence-electron chi connectivity index (χ2n) is 5.63. The maximum atomic E-state index is 12.5. The molecule has 0 radical (unpaired) electrons. The fourth-order valence-electron chi connectivity index (χ4n) is 2.69. The fourth-order valence-corrected chi connectivity index (χ4v) is 2.69. The Morgan fingerprint density at radius 1 is 1.35 bits per heavy atom. The molecule has 0 bridgehead atoms. The third-order valence-electron chi connectivity index (χ3n) is 4.13. The first-order chi connectivity index (χ1) is 9.65. The minimum absolute atomic E-state index is 0.00318. The summed E-state index contributed by atoms with van der Waals surface area (Å²) in [7, 11) is 0. The van der Waals surface area contributed by atoms with Crippen LogP contribution in [0.1, 0.15) is 25.1 Å². The highest BCUT2D eigenvalue weighted by Crippen LogP contribution is 2.34. The fraction of sp³-hybridized carbons (Fsp3) is 0.643. The van der Waals surface area contributed by atoms with Gasteiger partial charge >= 0.3 is 0 Å². The molecule has 6 heteroatoms. The Balaban J connectivity index is 1.66. The molecule has 1 aliphatic heterocycles. The maximum Gasteiger partial charge on any atom is 0.245 e. The summed E-state index contributed by atoms with van der Waals surface area (Å²) in [6.45, 7) is 3.82. The standard InChI is InChI=1S/C14H20N4O2/c1-10-15-5-7-17(10)8-9-18-6-4-12(19)16-13(14(18)20)11-2-3-11/h5,7,11,13H,2-4,6,8-9H2,1H3,(H,16,19). The van der Waals surface area contributed by atoms with Crippen molar-refractivity contribution in [2.24, 2.45) is 5.92 Å². The average molecular weight is 276 g/mol. The smallest absolute Gasteiger partial charge is 0.245 e. The van der Waals surface area contributed by atoms with Gasteiger partial charge in [-0.25, -0.2) is 4.98 Å². The lowest BCUT2D eigenvalue weighted by Gasteiger charge is -2.24. The quantitative estimate of drug-likeness (QED) is 0.861. The number of imidazole rings is 1. The number of carbonyl (C=O) groups is 2. The molecule has 0 spiro atoms. The van der Waals surface area contributed by atoms with Crippen molar-refractivity contribution >= 4 is 11.8 Å². The monoisotopic (exact) mass is 276 g/mol. The average Bonchev–Trinajstić information content (AvgIpc) is 3.20. The molecule has 108 valence electrons. The molecule has 0 aromatic carbocycles. The van der Waals surface area contributed by atoms with E-state index < -0.39 is 0 Å². The van der Waals surface area contributed by atoms with E-state index >= 15 is 0 Å². The molecule has 2 aliphatic rings. The zero-order valence-electron chi connectivity index (χ0n) is 11.7. The van der Waals surface area contributed by atoms with E-state index in [1.54, 1.807) is 6.20 Å². The van der Waals surface area contributed by atoms with Gasteiger partial charge in [0.05, 0.1) is 0 Å². The number of amides is 2. The predicted molar refractivity (Wildman–Crippen MR) is 72.8 cm³/mol. The number of aryl methyl sites for hydroxylation is 1. The van der Waals surface area contributed by atoms with E-state index in [-0.39, 0.29) is 17.9 Å². The number of nitrogens with zero attached hydrogens (tertiary/aromatic N) is 3. The van der Waals surface area contributed by atoms with Crippen LogP contribution < -0.4 is 5.32 Å². The molecule has 1 aromatic rings. The number of rotatable bonds is 4. The Labute approximate surface area is 118 Å². The predicted octanol–water partition coefficient (Wildman–Crippen LogP) is 0.319. The third-order valence-corrected chi connectivity index (χ3v) is 4.13. The highest BCUT2D eigenvalue weighted by Gasteiger charge is 2.40. The van der Waals surface area contributed by atoms with Crippen molar-refractivity contribution in [3.05, 3.63) is 18.2 Å².